The van der Waals surface area contributed by atoms with Crippen LogP contribution in [0.25, 0.3) is 0 Å². The highest BCUT2D eigenvalue weighted by Crippen LogP contribution is 2.43. The number of aromatic nitrogens is 2. The van der Waals surface area contributed by atoms with E-state index in [0.717, 1.165) is 19.3 Å². The third-order valence-corrected chi connectivity index (χ3v) is 4.47. The molecule has 6 heteroatoms. The first kappa shape index (κ1) is 13.3. The lowest BCUT2D eigenvalue weighted by molar-refractivity contribution is -0.142. The number of rotatable bonds is 4. The van der Waals surface area contributed by atoms with Crippen LogP contribution >= 0.6 is 0 Å². The molecule has 0 radical (unpaired) electrons. The Labute approximate surface area is 116 Å². The molecule has 6 nitrogen and oxygen atoms in total. The van der Waals surface area contributed by atoms with Crippen molar-refractivity contribution in [2.45, 2.75) is 43.6 Å². The fraction of sp³-hybridized carbons (Fsp3) is 0.643. The van der Waals surface area contributed by atoms with E-state index in [1.165, 1.54) is 0 Å². The molecule has 0 bridgehead atoms. The van der Waals surface area contributed by atoms with Crippen molar-refractivity contribution in [3.8, 4) is 0 Å². The second kappa shape index (κ2) is 5.01. The normalized spacial score (nSPS) is 28.1. The smallest absolute Gasteiger partial charge is 0.307 e. The Bertz CT molecular complexity index is 528. The van der Waals surface area contributed by atoms with E-state index in [2.05, 4.69) is 10.1 Å². The number of methoxy groups -OCH3 is 1. The van der Waals surface area contributed by atoms with Crippen LogP contribution in [0.2, 0.25) is 0 Å². The quantitative estimate of drug-likeness (QED) is 0.850. The molecule has 20 heavy (non-hydrogen) atoms. The SMILES string of the molecule is COC1(c2noc(C3CC=CCC3C(=O)O)n2)CCC1. The van der Waals surface area contributed by atoms with Gasteiger partial charge in [0.05, 0.1) is 11.8 Å². The zero-order valence-corrected chi connectivity index (χ0v) is 11.4. The molecule has 0 spiro atoms. The Kier molecular flexibility index (Phi) is 3.33. The summed E-state index contributed by atoms with van der Waals surface area (Å²) >= 11 is 0. The van der Waals surface area contributed by atoms with Crippen molar-refractivity contribution in [2.75, 3.05) is 7.11 Å². The van der Waals surface area contributed by atoms with Gasteiger partial charge in [-0.15, -0.1) is 0 Å². The van der Waals surface area contributed by atoms with E-state index in [-0.39, 0.29) is 5.92 Å². The molecule has 2 aliphatic rings. The summed E-state index contributed by atoms with van der Waals surface area (Å²) in [5.41, 5.74) is -0.426. The van der Waals surface area contributed by atoms with Crippen LogP contribution in [0, 0.1) is 5.92 Å². The predicted octanol–water partition coefficient (Wildman–Crippen LogP) is 2.23. The minimum Gasteiger partial charge on any atom is -0.481 e. The minimum absolute atomic E-state index is 0.243. The standard InChI is InChI=1S/C14H18N2O4/c1-19-14(7-4-8-14)13-15-11(20-16-13)9-5-2-3-6-10(9)12(17)18/h2-3,9-10H,4-8H2,1H3,(H,17,18). The molecule has 1 fully saturated rings. The molecule has 108 valence electrons. The summed E-state index contributed by atoms with van der Waals surface area (Å²) in [4.78, 5) is 15.7. The van der Waals surface area contributed by atoms with Crippen molar-refractivity contribution >= 4 is 5.97 Å². The Morgan fingerprint density at radius 3 is 2.80 bits per heavy atom. The second-order valence-electron chi connectivity index (χ2n) is 5.50. The second-order valence-corrected chi connectivity index (χ2v) is 5.50. The Morgan fingerprint density at radius 2 is 2.20 bits per heavy atom. The van der Waals surface area contributed by atoms with Crippen LogP contribution in [-0.4, -0.2) is 28.3 Å². The van der Waals surface area contributed by atoms with Gasteiger partial charge in [0.2, 0.25) is 11.7 Å². The number of hydrogen-bond donors (Lipinski definition) is 1. The maximum absolute atomic E-state index is 11.3. The van der Waals surface area contributed by atoms with Crippen LogP contribution in [0.3, 0.4) is 0 Å². The van der Waals surface area contributed by atoms with Crippen LogP contribution in [0.1, 0.15) is 49.7 Å². The number of allylic oxidation sites excluding steroid dienone is 2. The van der Waals surface area contributed by atoms with E-state index >= 15 is 0 Å². The molecular weight excluding hydrogens is 260 g/mol. The number of carboxylic acid groups (broad SMARTS) is 1. The summed E-state index contributed by atoms with van der Waals surface area (Å²) in [6, 6.07) is 0. The number of carbonyl (C=O) groups is 1. The van der Waals surface area contributed by atoms with E-state index in [9.17, 15) is 9.90 Å². The molecule has 0 amide bonds. The van der Waals surface area contributed by atoms with Crippen molar-refractivity contribution in [3.05, 3.63) is 23.9 Å². The van der Waals surface area contributed by atoms with Crippen molar-refractivity contribution < 1.29 is 19.2 Å². The summed E-state index contributed by atoms with van der Waals surface area (Å²) in [6.07, 6.45) is 7.86. The molecule has 2 atom stereocenters. The van der Waals surface area contributed by atoms with Crippen LogP contribution < -0.4 is 0 Å². The third kappa shape index (κ3) is 2.04. The van der Waals surface area contributed by atoms with E-state index in [1.54, 1.807) is 7.11 Å². The average molecular weight is 278 g/mol. The van der Waals surface area contributed by atoms with Gasteiger partial charge in [0.15, 0.2) is 0 Å². The molecule has 1 aromatic rings. The highest BCUT2D eigenvalue weighted by molar-refractivity contribution is 5.71. The average Bonchev–Trinajstić information content (AvgIpc) is 2.88. The molecular formula is C14H18N2O4. The van der Waals surface area contributed by atoms with Gasteiger partial charge in [0.25, 0.3) is 0 Å². The summed E-state index contributed by atoms with van der Waals surface area (Å²) in [6.45, 7) is 0. The predicted molar refractivity (Wildman–Crippen MR) is 69.1 cm³/mol. The van der Waals surface area contributed by atoms with E-state index in [1.807, 2.05) is 12.2 Å². The lowest BCUT2D eigenvalue weighted by Crippen LogP contribution is -2.37. The van der Waals surface area contributed by atoms with Crippen molar-refractivity contribution in [2.24, 2.45) is 5.92 Å². The van der Waals surface area contributed by atoms with Crippen LogP contribution in [-0.2, 0) is 15.1 Å². The largest absolute Gasteiger partial charge is 0.481 e. The molecule has 3 rings (SSSR count). The summed E-state index contributed by atoms with van der Waals surface area (Å²) < 4.78 is 10.8. The van der Waals surface area contributed by atoms with Crippen LogP contribution in [0.15, 0.2) is 16.7 Å². The molecule has 1 saturated carbocycles. The fourth-order valence-electron chi connectivity index (χ4n) is 2.95. The maximum atomic E-state index is 11.3. The van der Waals surface area contributed by atoms with Crippen molar-refractivity contribution in [1.82, 2.24) is 10.1 Å². The highest BCUT2D eigenvalue weighted by atomic mass is 16.5. The van der Waals surface area contributed by atoms with Crippen molar-refractivity contribution in [1.29, 1.82) is 0 Å². The summed E-state index contributed by atoms with van der Waals surface area (Å²) in [5.74, 6) is -0.579. The minimum atomic E-state index is -0.816. The number of nitrogens with zero attached hydrogens (tertiary/aromatic N) is 2. The lowest BCUT2D eigenvalue weighted by Gasteiger charge is -2.37. The van der Waals surface area contributed by atoms with E-state index in [4.69, 9.17) is 9.26 Å². The van der Waals surface area contributed by atoms with Gasteiger partial charge in [0, 0.05) is 7.11 Å². The van der Waals surface area contributed by atoms with E-state index < -0.39 is 17.5 Å². The van der Waals surface area contributed by atoms with E-state index in [0.29, 0.717) is 24.6 Å². The van der Waals surface area contributed by atoms with Gasteiger partial charge in [-0.05, 0) is 32.1 Å². The van der Waals surface area contributed by atoms with Crippen molar-refractivity contribution in [3.63, 3.8) is 0 Å². The van der Waals surface area contributed by atoms with Gasteiger partial charge in [-0.2, -0.15) is 4.98 Å². The Balaban J connectivity index is 1.85. The van der Waals surface area contributed by atoms with Crippen LogP contribution in [0.4, 0.5) is 0 Å². The first-order valence-corrected chi connectivity index (χ1v) is 6.93. The third-order valence-electron chi connectivity index (χ3n) is 4.47. The molecule has 1 heterocycles. The molecule has 2 unspecified atom stereocenters. The van der Waals surface area contributed by atoms with Gasteiger partial charge >= 0.3 is 5.97 Å². The molecule has 1 aromatic heterocycles. The maximum Gasteiger partial charge on any atom is 0.307 e. The topological polar surface area (TPSA) is 85.5 Å². The Morgan fingerprint density at radius 1 is 1.45 bits per heavy atom. The van der Waals surface area contributed by atoms with Gasteiger partial charge in [-0.1, -0.05) is 17.3 Å². The molecule has 0 saturated heterocycles. The van der Waals surface area contributed by atoms with Gasteiger partial charge in [0.1, 0.15) is 5.60 Å². The van der Waals surface area contributed by atoms with Gasteiger partial charge < -0.3 is 14.4 Å². The first-order valence-electron chi connectivity index (χ1n) is 6.93. The highest BCUT2D eigenvalue weighted by Gasteiger charge is 2.44. The van der Waals surface area contributed by atoms with Gasteiger partial charge in [-0.25, -0.2) is 0 Å². The van der Waals surface area contributed by atoms with Crippen LogP contribution in [0.5, 0.6) is 0 Å². The number of ether oxygens (including phenoxy) is 1. The van der Waals surface area contributed by atoms with Gasteiger partial charge in [-0.3, -0.25) is 4.79 Å². The number of aliphatic carboxylic acids is 1. The summed E-state index contributed by atoms with van der Waals surface area (Å²) in [7, 11) is 1.65. The fourth-order valence-corrected chi connectivity index (χ4v) is 2.95. The lowest BCUT2D eigenvalue weighted by atomic mass is 9.79. The molecule has 2 aliphatic carbocycles. The Hall–Kier alpha value is -1.69. The number of carboxylic acids is 1. The zero-order chi connectivity index (χ0) is 14.2. The molecule has 0 aliphatic heterocycles. The monoisotopic (exact) mass is 278 g/mol. The number of hydrogen-bond acceptors (Lipinski definition) is 5. The molecule has 0 aromatic carbocycles. The first-order chi connectivity index (χ1) is 9.66. The zero-order valence-electron chi connectivity index (χ0n) is 11.4. The summed E-state index contributed by atoms with van der Waals surface area (Å²) in [5, 5.41) is 13.3. The molecule has 1 N–H and O–H groups in total.